The lowest BCUT2D eigenvalue weighted by atomic mass is 10.5. The van der Waals surface area contributed by atoms with Crippen molar-refractivity contribution < 1.29 is 4.84 Å². The van der Waals surface area contributed by atoms with Crippen LogP contribution >= 0.6 is 12.2 Å². The Bertz CT molecular complexity index is 65.2. The molecule has 2 nitrogen and oxygen atoms in total. The topological polar surface area (TPSA) is 21.3 Å². The van der Waals surface area contributed by atoms with E-state index in [1.54, 1.807) is 0 Å². The van der Waals surface area contributed by atoms with Gasteiger partial charge in [0.1, 0.15) is 0 Å². The van der Waals surface area contributed by atoms with E-state index in [1.165, 1.54) is 0 Å². The summed E-state index contributed by atoms with van der Waals surface area (Å²) in [5, 5.41) is 0.676. The molecule has 0 aromatic heterocycles. The lowest BCUT2D eigenvalue weighted by Gasteiger charge is -1.85. The fourth-order valence-corrected chi connectivity index (χ4v) is 0.497. The van der Waals surface area contributed by atoms with Crippen molar-refractivity contribution >= 4 is 17.3 Å². The van der Waals surface area contributed by atoms with Gasteiger partial charge in [-0.1, -0.05) is 0 Å². The average molecular weight is 103 g/mol. The van der Waals surface area contributed by atoms with Gasteiger partial charge < -0.3 is 4.84 Å². The van der Waals surface area contributed by atoms with Crippen LogP contribution in [0.25, 0.3) is 0 Å². The van der Waals surface area contributed by atoms with Crippen LogP contribution in [0.15, 0.2) is 0 Å². The van der Waals surface area contributed by atoms with Gasteiger partial charge in [0.05, 0.1) is 0 Å². The van der Waals surface area contributed by atoms with E-state index in [1.807, 2.05) is 0 Å². The van der Waals surface area contributed by atoms with E-state index >= 15 is 0 Å². The van der Waals surface area contributed by atoms with Crippen LogP contribution in [0.4, 0.5) is 0 Å². The second kappa shape index (κ2) is 1.53. The van der Waals surface area contributed by atoms with Crippen LogP contribution in [0.1, 0.15) is 6.42 Å². The number of thiocarbonyl (C=S) groups is 1. The smallest absolute Gasteiger partial charge is 0.188 e. The van der Waals surface area contributed by atoms with E-state index in [4.69, 9.17) is 0 Å². The maximum Gasteiger partial charge on any atom is 0.188 e. The van der Waals surface area contributed by atoms with E-state index < -0.39 is 0 Å². The summed E-state index contributed by atoms with van der Waals surface area (Å²) in [6, 6.07) is 0. The first kappa shape index (κ1) is 4.02. The van der Waals surface area contributed by atoms with Crippen molar-refractivity contribution in [2.75, 3.05) is 6.54 Å². The molecule has 0 saturated carbocycles. The maximum atomic E-state index is 4.63. The van der Waals surface area contributed by atoms with Crippen molar-refractivity contribution in [1.29, 1.82) is 0 Å². The molecule has 3 heteroatoms. The standard InChI is InChI=1S/C3H5NOS/c6-3-1-2-4-5-3/h4H,1-2H2. The maximum absolute atomic E-state index is 4.63. The van der Waals surface area contributed by atoms with E-state index in [0.717, 1.165) is 13.0 Å². The van der Waals surface area contributed by atoms with Crippen molar-refractivity contribution in [2.24, 2.45) is 0 Å². The van der Waals surface area contributed by atoms with Gasteiger partial charge >= 0.3 is 0 Å². The summed E-state index contributed by atoms with van der Waals surface area (Å²) in [5.74, 6) is 0. The zero-order valence-corrected chi connectivity index (χ0v) is 4.05. The molecule has 0 amide bonds. The Kier molecular flexibility index (Phi) is 1.03. The van der Waals surface area contributed by atoms with Crippen LogP contribution in [0, 0.1) is 0 Å². The molecule has 1 saturated heterocycles. The minimum atomic E-state index is 0.676. The van der Waals surface area contributed by atoms with Gasteiger partial charge in [0.15, 0.2) is 5.05 Å². The predicted molar refractivity (Wildman–Crippen MR) is 26.3 cm³/mol. The van der Waals surface area contributed by atoms with Crippen molar-refractivity contribution in [3.63, 3.8) is 0 Å². The minimum absolute atomic E-state index is 0.676. The summed E-state index contributed by atoms with van der Waals surface area (Å²) in [6.07, 6.45) is 0.884. The van der Waals surface area contributed by atoms with Gasteiger partial charge in [-0.25, -0.2) is 0 Å². The zero-order chi connectivity index (χ0) is 4.41. The Labute approximate surface area is 41.4 Å². The molecule has 0 atom stereocenters. The predicted octanol–water partition coefficient (Wildman–Crippen LogP) is 0.239. The highest BCUT2D eigenvalue weighted by atomic mass is 32.1. The quantitative estimate of drug-likeness (QED) is 0.444. The molecule has 0 radical (unpaired) electrons. The van der Waals surface area contributed by atoms with Crippen molar-refractivity contribution in [2.45, 2.75) is 6.42 Å². The number of rotatable bonds is 0. The molecule has 0 aliphatic carbocycles. The third-order valence-electron chi connectivity index (χ3n) is 0.617. The fraction of sp³-hybridized carbons (Fsp3) is 0.667. The molecule has 0 aromatic rings. The van der Waals surface area contributed by atoms with E-state index in [9.17, 15) is 0 Å². The summed E-state index contributed by atoms with van der Waals surface area (Å²) in [4.78, 5) is 4.63. The first-order valence-corrected chi connectivity index (χ1v) is 2.23. The molecule has 1 heterocycles. The highest BCUT2D eigenvalue weighted by molar-refractivity contribution is 7.80. The summed E-state index contributed by atoms with van der Waals surface area (Å²) in [5.41, 5.74) is 2.63. The van der Waals surface area contributed by atoms with Gasteiger partial charge in [-0.05, 0) is 12.2 Å². The lowest BCUT2D eigenvalue weighted by molar-refractivity contribution is 0.227. The molecule has 34 valence electrons. The van der Waals surface area contributed by atoms with Crippen molar-refractivity contribution in [3.05, 3.63) is 0 Å². The van der Waals surface area contributed by atoms with Crippen LogP contribution in [0.3, 0.4) is 0 Å². The van der Waals surface area contributed by atoms with Crippen LogP contribution in [0.2, 0.25) is 0 Å². The Balaban J connectivity index is 2.37. The SMILES string of the molecule is S=C1CCNO1. The van der Waals surface area contributed by atoms with Crippen LogP contribution in [0.5, 0.6) is 0 Å². The molecule has 1 aliphatic heterocycles. The molecule has 1 fully saturated rings. The van der Waals surface area contributed by atoms with Gasteiger partial charge in [0.25, 0.3) is 0 Å². The molecule has 0 unspecified atom stereocenters. The molecule has 0 aromatic carbocycles. The van der Waals surface area contributed by atoms with Gasteiger partial charge in [-0.3, -0.25) is 0 Å². The van der Waals surface area contributed by atoms with Gasteiger partial charge in [-0.2, -0.15) is 5.48 Å². The Morgan fingerprint density at radius 2 is 2.67 bits per heavy atom. The molecule has 0 bridgehead atoms. The molecule has 1 aliphatic rings. The molecular formula is C3H5NOS. The monoisotopic (exact) mass is 103 g/mol. The molecule has 6 heavy (non-hydrogen) atoms. The van der Waals surface area contributed by atoms with Gasteiger partial charge in [0, 0.05) is 13.0 Å². The lowest BCUT2D eigenvalue weighted by Crippen LogP contribution is -2.02. The van der Waals surface area contributed by atoms with Crippen molar-refractivity contribution in [1.82, 2.24) is 5.48 Å². The summed E-state index contributed by atoms with van der Waals surface area (Å²) in [7, 11) is 0. The number of hydrogen-bond acceptors (Lipinski definition) is 3. The minimum Gasteiger partial charge on any atom is -0.401 e. The highest BCUT2D eigenvalue weighted by Crippen LogP contribution is 1.91. The van der Waals surface area contributed by atoms with E-state index in [-0.39, 0.29) is 0 Å². The molecule has 0 spiro atoms. The third-order valence-corrected chi connectivity index (χ3v) is 0.905. The Morgan fingerprint density at radius 1 is 1.83 bits per heavy atom. The fourth-order valence-electron chi connectivity index (χ4n) is 0.336. The first-order chi connectivity index (χ1) is 2.89. The first-order valence-electron chi connectivity index (χ1n) is 1.82. The Hall–Kier alpha value is -0.150. The normalized spacial score (nSPS) is 21.0. The van der Waals surface area contributed by atoms with Crippen LogP contribution < -0.4 is 5.48 Å². The zero-order valence-electron chi connectivity index (χ0n) is 3.23. The Morgan fingerprint density at radius 3 is 2.83 bits per heavy atom. The molecular weight excluding hydrogens is 98.1 g/mol. The van der Waals surface area contributed by atoms with E-state index in [2.05, 4.69) is 22.5 Å². The summed E-state index contributed by atoms with van der Waals surface area (Å²) >= 11 is 4.63. The highest BCUT2D eigenvalue weighted by Gasteiger charge is 2.03. The van der Waals surface area contributed by atoms with Gasteiger partial charge in [-0.15, -0.1) is 0 Å². The number of hydroxylamine groups is 1. The molecule has 1 rings (SSSR count). The third kappa shape index (κ3) is 0.666. The average Bonchev–Trinajstić information content (AvgIpc) is 1.86. The van der Waals surface area contributed by atoms with Crippen LogP contribution in [-0.2, 0) is 4.84 Å². The van der Waals surface area contributed by atoms with Gasteiger partial charge in [0.2, 0.25) is 0 Å². The second-order valence-electron chi connectivity index (χ2n) is 1.12. The summed E-state index contributed by atoms with van der Waals surface area (Å²) < 4.78 is 0. The number of nitrogens with one attached hydrogen (secondary N) is 1. The largest absolute Gasteiger partial charge is 0.401 e. The van der Waals surface area contributed by atoms with E-state index in [0.29, 0.717) is 5.05 Å². The van der Waals surface area contributed by atoms with Crippen LogP contribution in [-0.4, -0.2) is 11.6 Å². The second-order valence-corrected chi connectivity index (χ2v) is 1.57. The van der Waals surface area contributed by atoms with Crippen molar-refractivity contribution in [3.8, 4) is 0 Å². The summed E-state index contributed by atoms with van der Waals surface area (Å²) in [6.45, 7) is 0.874. The molecule has 1 N–H and O–H groups in total. The number of hydrogen-bond donors (Lipinski definition) is 1.